The molecule has 0 saturated carbocycles. The molecule has 6 heteroatoms. The van der Waals surface area contributed by atoms with E-state index in [9.17, 15) is 9.59 Å². The Hall–Kier alpha value is -3.54. The molecule has 0 spiro atoms. The van der Waals surface area contributed by atoms with Crippen LogP contribution in [-0.4, -0.2) is 35.9 Å². The fraction of sp³-hybridized carbons (Fsp3) is 0.379. The molecule has 2 heterocycles. The second-order valence-corrected chi connectivity index (χ2v) is 9.39. The van der Waals surface area contributed by atoms with E-state index in [1.165, 1.54) is 11.8 Å². The predicted molar refractivity (Wildman–Crippen MR) is 135 cm³/mol. The number of nitrogens with zero attached hydrogens (tertiary/aromatic N) is 1. The molecular formula is C29H34N2O4. The minimum atomic E-state index is -0.570. The molecule has 0 saturated heterocycles. The van der Waals surface area contributed by atoms with Crippen molar-refractivity contribution in [2.45, 2.75) is 52.2 Å². The Bertz CT molecular complexity index is 1120. The maximum absolute atomic E-state index is 13.3. The largest absolute Gasteiger partial charge is 0.481 e. The van der Waals surface area contributed by atoms with E-state index < -0.39 is 6.10 Å². The van der Waals surface area contributed by atoms with E-state index in [-0.39, 0.29) is 17.9 Å². The number of hydrogen-bond donors (Lipinski definition) is 1. The molecule has 2 atom stereocenters. The summed E-state index contributed by atoms with van der Waals surface area (Å²) in [5, 5.41) is 2.99. The Morgan fingerprint density at radius 2 is 1.91 bits per heavy atom. The van der Waals surface area contributed by atoms with Gasteiger partial charge >= 0.3 is 0 Å². The van der Waals surface area contributed by atoms with Gasteiger partial charge in [-0.1, -0.05) is 57.2 Å². The zero-order valence-corrected chi connectivity index (χ0v) is 20.7. The summed E-state index contributed by atoms with van der Waals surface area (Å²) < 4.78 is 11.6. The van der Waals surface area contributed by atoms with Gasteiger partial charge in [0, 0.05) is 13.1 Å². The third-order valence-electron chi connectivity index (χ3n) is 6.42. The Morgan fingerprint density at radius 1 is 1.11 bits per heavy atom. The van der Waals surface area contributed by atoms with Crippen molar-refractivity contribution in [1.82, 2.24) is 10.2 Å². The van der Waals surface area contributed by atoms with Crippen LogP contribution in [-0.2, 0) is 11.2 Å². The number of hydrogen-bond acceptors (Lipinski definition) is 4. The third-order valence-corrected chi connectivity index (χ3v) is 6.42. The molecule has 184 valence electrons. The summed E-state index contributed by atoms with van der Waals surface area (Å²) >= 11 is 0. The van der Waals surface area contributed by atoms with Crippen molar-refractivity contribution >= 4 is 11.8 Å². The quantitative estimate of drug-likeness (QED) is 0.452. The molecule has 0 radical (unpaired) electrons. The van der Waals surface area contributed by atoms with Gasteiger partial charge in [-0.15, -0.1) is 0 Å². The standard InChI is InChI=1S/C29H34N2O4/c1-4-25(28(32)30-16-14-20(2)3)35-23-13-12-21-15-17-31(29(33)26-11-8-18-34-26)27(24(21)19-23)22-9-6-5-7-10-22/h5-13,18-20,25,27H,4,14-17H2,1-3H3,(H,30,32)/t25-,27-/m0/s1. The van der Waals surface area contributed by atoms with Gasteiger partial charge in [0.15, 0.2) is 11.9 Å². The smallest absolute Gasteiger partial charge is 0.290 e. The lowest BCUT2D eigenvalue weighted by Gasteiger charge is -2.37. The predicted octanol–water partition coefficient (Wildman–Crippen LogP) is 5.39. The fourth-order valence-electron chi connectivity index (χ4n) is 4.51. The number of benzene rings is 2. The fourth-order valence-corrected chi connectivity index (χ4v) is 4.51. The number of nitrogens with one attached hydrogen (secondary N) is 1. The average molecular weight is 475 g/mol. The van der Waals surface area contributed by atoms with E-state index in [0.29, 0.717) is 36.9 Å². The highest BCUT2D eigenvalue weighted by atomic mass is 16.5. The van der Waals surface area contributed by atoms with Crippen LogP contribution in [0.2, 0.25) is 0 Å². The normalized spacial score (nSPS) is 16.0. The number of carbonyl (C=O) groups is 2. The zero-order chi connectivity index (χ0) is 24.8. The van der Waals surface area contributed by atoms with Gasteiger partial charge in [-0.2, -0.15) is 0 Å². The van der Waals surface area contributed by atoms with Gasteiger partial charge < -0.3 is 19.4 Å². The van der Waals surface area contributed by atoms with Crippen LogP contribution in [0.15, 0.2) is 71.3 Å². The van der Waals surface area contributed by atoms with E-state index >= 15 is 0 Å². The Labute approximate surface area is 207 Å². The third kappa shape index (κ3) is 5.76. The summed E-state index contributed by atoms with van der Waals surface area (Å²) in [7, 11) is 0. The van der Waals surface area contributed by atoms with Crippen LogP contribution in [0.3, 0.4) is 0 Å². The molecule has 35 heavy (non-hydrogen) atoms. The number of amides is 2. The maximum atomic E-state index is 13.3. The van der Waals surface area contributed by atoms with E-state index in [0.717, 1.165) is 24.0 Å². The van der Waals surface area contributed by atoms with Crippen molar-refractivity contribution in [3.05, 3.63) is 89.4 Å². The molecule has 1 aromatic heterocycles. The van der Waals surface area contributed by atoms with Crippen molar-refractivity contribution < 1.29 is 18.7 Å². The van der Waals surface area contributed by atoms with Gasteiger partial charge in [0.05, 0.1) is 12.3 Å². The highest BCUT2D eigenvalue weighted by molar-refractivity contribution is 5.92. The first-order valence-electron chi connectivity index (χ1n) is 12.4. The number of ether oxygens (including phenoxy) is 1. The molecule has 1 aliphatic heterocycles. The molecule has 3 aromatic rings. The highest BCUT2D eigenvalue weighted by Gasteiger charge is 2.34. The average Bonchev–Trinajstić information content (AvgIpc) is 3.41. The van der Waals surface area contributed by atoms with Crippen LogP contribution in [0.4, 0.5) is 0 Å². The van der Waals surface area contributed by atoms with Crippen LogP contribution in [0, 0.1) is 5.92 Å². The lowest BCUT2D eigenvalue weighted by Crippen LogP contribution is -2.41. The van der Waals surface area contributed by atoms with Gasteiger partial charge in [0.2, 0.25) is 0 Å². The van der Waals surface area contributed by atoms with Gasteiger partial charge in [0.25, 0.3) is 11.8 Å². The highest BCUT2D eigenvalue weighted by Crippen LogP contribution is 2.38. The molecular weight excluding hydrogens is 440 g/mol. The first-order chi connectivity index (χ1) is 17.0. The molecule has 0 bridgehead atoms. The van der Waals surface area contributed by atoms with E-state index in [4.69, 9.17) is 9.15 Å². The topological polar surface area (TPSA) is 71.8 Å². The van der Waals surface area contributed by atoms with Crippen LogP contribution < -0.4 is 10.1 Å². The van der Waals surface area contributed by atoms with Crippen molar-refractivity contribution in [1.29, 1.82) is 0 Å². The van der Waals surface area contributed by atoms with E-state index in [2.05, 4.69) is 25.2 Å². The summed E-state index contributed by atoms with van der Waals surface area (Å²) in [5.41, 5.74) is 3.20. The van der Waals surface area contributed by atoms with Crippen molar-refractivity contribution in [3.63, 3.8) is 0 Å². The van der Waals surface area contributed by atoms with Crippen LogP contribution in [0.5, 0.6) is 5.75 Å². The van der Waals surface area contributed by atoms with Crippen molar-refractivity contribution in [2.75, 3.05) is 13.1 Å². The summed E-state index contributed by atoms with van der Waals surface area (Å²) in [6.45, 7) is 7.44. The summed E-state index contributed by atoms with van der Waals surface area (Å²) in [6, 6.07) is 19.1. The van der Waals surface area contributed by atoms with Gasteiger partial charge in [0.1, 0.15) is 5.75 Å². The minimum Gasteiger partial charge on any atom is -0.481 e. The monoisotopic (exact) mass is 474 g/mol. The number of carbonyl (C=O) groups excluding carboxylic acids is 2. The zero-order valence-electron chi connectivity index (χ0n) is 20.7. The molecule has 0 unspecified atom stereocenters. The maximum Gasteiger partial charge on any atom is 0.290 e. The van der Waals surface area contributed by atoms with Gasteiger partial charge in [-0.05, 0) is 66.1 Å². The second kappa shape index (κ2) is 11.3. The lowest BCUT2D eigenvalue weighted by atomic mass is 9.87. The molecule has 2 aromatic carbocycles. The molecule has 4 rings (SSSR count). The number of rotatable bonds is 9. The number of fused-ring (bicyclic) bond motifs is 1. The minimum absolute atomic E-state index is 0.0971. The second-order valence-electron chi connectivity index (χ2n) is 9.39. The molecule has 2 amide bonds. The van der Waals surface area contributed by atoms with E-state index in [1.807, 2.05) is 54.3 Å². The van der Waals surface area contributed by atoms with Crippen molar-refractivity contribution in [3.8, 4) is 5.75 Å². The van der Waals surface area contributed by atoms with E-state index in [1.54, 1.807) is 12.1 Å². The summed E-state index contributed by atoms with van der Waals surface area (Å²) in [4.78, 5) is 27.9. The summed E-state index contributed by atoms with van der Waals surface area (Å²) in [6.07, 6.45) is 3.18. The first-order valence-corrected chi connectivity index (χ1v) is 12.4. The molecule has 1 N–H and O–H groups in total. The van der Waals surface area contributed by atoms with Gasteiger partial charge in [-0.3, -0.25) is 9.59 Å². The van der Waals surface area contributed by atoms with Crippen LogP contribution in [0.25, 0.3) is 0 Å². The molecule has 1 aliphatic rings. The Kier molecular flexibility index (Phi) is 7.91. The van der Waals surface area contributed by atoms with Crippen molar-refractivity contribution in [2.24, 2.45) is 5.92 Å². The molecule has 0 aliphatic carbocycles. The van der Waals surface area contributed by atoms with Crippen LogP contribution >= 0.6 is 0 Å². The van der Waals surface area contributed by atoms with Crippen LogP contribution in [0.1, 0.15) is 66.9 Å². The Morgan fingerprint density at radius 3 is 2.60 bits per heavy atom. The van der Waals surface area contributed by atoms with Gasteiger partial charge in [-0.25, -0.2) is 0 Å². The summed E-state index contributed by atoms with van der Waals surface area (Å²) in [5.74, 6) is 1.24. The lowest BCUT2D eigenvalue weighted by molar-refractivity contribution is -0.128. The Balaban J connectivity index is 1.62. The molecule has 0 fully saturated rings. The number of furan rings is 1. The molecule has 6 nitrogen and oxygen atoms in total. The first kappa shape index (κ1) is 24.6. The SMILES string of the molecule is CC[C@H](Oc1ccc2c(c1)[C@H](c1ccccc1)N(C(=O)c1ccco1)CC2)C(=O)NCCC(C)C.